The van der Waals surface area contributed by atoms with Crippen LogP contribution in [0.4, 0.5) is 15.8 Å². The molecule has 1 aromatic heterocycles. The highest BCUT2D eigenvalue weighted by Gasteiger charge is 2.44. The van der Waals surface area contributed by atoms with E-state index in [2.05, 4.69) is 20.5 Å². The van der Waals surface area contributed by atoms with Gasteiger partial charge in [-0.25, -0.2) is 4.39 Å². The van der Waals surface area contributed by atoms with Crippen molar-refractivity contribution in [2.45, 2.75) is 25.3 Å². The number of ether oxygens (including phenoxy) is 1. The second-order valence-corrected chi connectivity index (χ2v) is 12.2. The maximum Gasteiger partial charge on any atom is 0.253 e. The highest BCUT2D eigenvalue weighted by atomic mass is 19.1. The number of hydrogen-bond donors (Lipinski definition) is 2. The Balaban J connectivity index is 0.891. The molecule has 12 nitrogen and oxygen atoms in total. The lowest BCUT2D eigenvalue weighted by Crippen LogP contribution is -2.49. The first kappa shape index (κ1) is 33.5. The van der Waals surface area contributed by atoms with Crippen LogP contribution in [-0.2, 0) is 30.5 Å². The minimum atomic E-state index is -0.524. The van der Waals surface area contributed by atoms with Crippen molar-refractivity contribution < 1.29 is 33.1 Å². The molecule has 3 aromatic rings. The van der Waals surface area contributed by atoms with Crippen molar-refractivity contribution in [1.82, 2.24) is 20.1 Å². The summed E-state index contributed by atoms with van der Waals surface area (Å²) in [6, 6.07) is 15.4. The smallest absolute Gasteiger partial charge is 0.253 e. The lowest BCUT2D eigenvalue weighted by molar-refractivity contribution is -0.138. The minimum Gasteiger partial charge on any atom is -0.379 e. The highest BCUT2D eigenvalue weighted by molar-refractivity contribution is 6.12. The Labute approximate surface area is 282 Å². The quantitative estimate of drug-likeness (QED) is 0.209. The maximum absolute atomic E-state index is 14.8. The van der Waals surface area contributed by atoms with Crippen LogP contribution in [0.25, 0.3) is 0 Å². The molecule has 2 fully saturated rings. The van der Waals surface area contributed by atoms with Gasteiger partial charge in [-0.05, 0) is 60.4 Å². The fraction of sp³-hybridized carbons (Fsp3) is 0.333. The monoisotopic (exact) mass is 668 g/mol. The molecule has 2 aromatic carbocycles. The summed E-state index contributed by atoms with van der Waals surface area (Å²) in [5.74, 6) is -1.80. The molecular formula is C36H37FN6O6. The van der Waals surface area contributed by atoms with Crippen molar-refractivity contribution in [3.8, 4) is 0 Å². The van der Waals surface area contributed by atoms with Crippen LogP contribution in [0.15, 0.2) is 79.1 Å². The van der Waals surface area contributed by atoms with E-state index in [9.17, 15) is 28.4 Å². The van der Waals surface area contributed by atoms with Crippen LogP contribution in [0.3, 0.4) is 0 Å². The average Bonchev–Trinajstić information content (AvgIpc) is 3.87. The predicted octanol–water partition coefficient (Wildman–Crippen LogP) is 2.87. The van der Waals surface area contributed by atoms with Gasteiger partial charge < -0.3 is 25.2 Å². The molecule has 6 rings (SSSR count). The second kappa shape index (κ2) is 15.2. The number of hydrogen-bond acceptors (Lipinski definition) is 8. The normalized spacial score (nSPS) is 18.5. The number of nitrogens with one attached hydrogen (secondary N) is 2. The fourth-order valence-corrected chi connectivity index (χ4v) is 5.99. The molecule has 0 radical (unpaired) electrons. The van der Waals surface area contributed by atoms with Gasteiger partial charge in [-0.1, -0.05) is 12.1 Å². The molecule has 0 unspecified atom stereocenters. The van der Waals surface area contributed by atoms with Crippen LogP contribution in [0.1, 0.15) is 40.2 Å². The van der Waals surface area contributed by atoms with E-state index in [1.54, 1.807) is 41.6 Å². The number of nitrogens with zero attached hydrogens (tertiary/aromatic N) is 4. The molecule has 0 spiro atoms. The number of anilines is 2. The number of carbonyl (C=O) groups is 5. The molecule has 254 valence electrons. The number of rotatable bonds is 13. The van der Waals surface area contributed by atoms with Crippen LogP contribution >= 0.6 is 0 Å². The van der Waals surface area contributed by atoms with Crippen LogP contribution < -0.4 is 15.5 Å². The number of carbonyl (C=O) groups excluding carboxylic acids is 5. The van der Waals surface area contributed by atoms with Gasteiger partial charge in [-0.15, -0.1) is 0 Å². The van der Waals surface area contributed by atoms with E-state index >= 15 is 0 Å². The first-order valence-corrected chi connectivity index (χ1v) is 16.3. The molecular weight excluding hydrogens is 631 g/mol. The van der Waals surface area contributed by atoms with E-state index < -0.39 is 5.82 Å². The summed E-state index contributed by atoms with van der Waals surface area (Å²) in [5, 5.41) is 5.54. The van der Waals surface area contributed by atoms with Crippen molar-refractivity contribution in [2.24, 2.45) is 5.92 Å². The van der Waals surface area contributed by atoms with Crippen molar-refractivity contribution in [3.05, 3.63) is 102 Å². The third kappa shape index (κ3) is 8.36. The zero-order chi connectivity index (χ0) is 34.3. The van der Waals surface area contributed by atoms with E-state index in [0.717, 1.165) is 22.6 Å². The largest absolute Gasteiger partial charge is 0.379 e. The molecule has 3 heterocycles. The van der Waals surface area contributed by atoms with Crippen molar-refractivity contribution >= 4 is 40.9 Å². The van der Waals surface area contributed by atoms with Gasteiger partial charge in [0.15, 0.2) is 0 Å². The fourth-order valence-electron chi connectivity index (χ4n) is 5.99. The van der Waals surface area contributed by atoms with Crippen LogP contribution in [0.2, 0.25) is 0 Å². The molecule has 3 aliphatic rings. The van der Waals surface area contributed by atoms with E-state index in [1.165, 1.54) is 18.2 Å². The highest BCUT2D eigenvalue weighted by Crippen LogP contribution is 2.47. The van der Waals surface area contributed by atoms with Gasteiger partial charge in [0.25, 0.3) is 17.7 Å². The zero-order valence-corrected chi connectivity index (χ0v) is 26.8. The molecule has 1 saturated heterocycles. The standard InChI is InChI=1S/C36H37FN6O6/c37-31-20-27(40-36(48)30-21-29(30)25-2-1-12-38-22-25)6-3-26(31)23-39-35(47)24-4-7-28(8-5-24)41-13-15-42(16-14-41)32(44)11-18-49-19-17-43-33(45)9-10-34(43)46/h1-10,12,20,22,29-30H,11,13-19,21,23H2,(H,39,47)(H,40,48)/t29-,30+/m1/s1. The predicted molar refractivity (Wildman–Crippen MR) is 178 cm³/mol. The molecule has 49 heavy (non-hydrogen) atoms. The lowest BCUT2D eigenvalue weighted by Gasteiger charge is -2.36. The van der Waals surface area contributed by atoms with Crippen LogP contribution in [0.5, 0.6) is 0 Å². The molecule has 1 saturated carbocycles. The first-order valence-electron chi connectivity index (χ1n) is 16.3. The molecule has 2 N–H and O–H groups in total. The van der Waals surface area contributed by atoms with Gasteiger partial charge in [0.05, 0.1) is 26.2 Å². The third-order valence-electron chi connectivity index (χ3n) is 8.95. The van der Waals surface area contributed by atoms with E-state index in [0.29, 0.717) is 43.0 Å². The average molecular weight is 669 g/mol. The summed E-state index contributed by atoms with van der Waals surface area (Å²) in [7, 11) is 0. The first-order chi connectivity index (χ1) is 23.8. The minimum absolute atomic E-state index is 0.0113. The number of halogens is 1. The topological polar surface area (TPSA) is 141 Å². The van der Waals surface area contributed by atoms with Gasteiger partial charge in [-0.3, -0.25) is 33.9 Å². The molecule has 5 amide bonds. The van der Waals surface area contributed by atoms with Gasteiger partial charge in [0.1, 0.15) is 5.82 Å². The Bertz CT molecular complexity index is 1720. The molecule has 2 aliphatic heterocycles. The summed E-state index contributed by atoms with van der Waals surface area (Å²) in [6.45, 7) is 2.88. The van der Waals surface area contributed by atoms with Crippen LogP contribution in [-0.4, -0.2) is 90.3 Å². The van der Waals surface area contributed by atoms with Gasteiger partial charge in [0, 0.05) is 85.7 Å². The second-order valence-electron chi connectivity index (χ2n) is 12.2. The SMILES string of the molecule is O=C(NCc1ccc(NC(=O)[C@H]2C[C@@H]2c2cccnc2)cc1F)c1ccc(N2CCN(C(=O)CCOCCN3C(=O)C=CC3=O)CC2)cc1. The Morgan fingerprint density at radius 3 is 2.39 bits per heavy atom. The van der Waals surface area contributed by atoms with Gasteiger partial charge >= 0.3 is 0 Å². The number of pyridine rings is 1. The summed E-state index contributed by atoms with van der Waals surface area (Å²) < 4.78 is 20.3. The summed E-state index contributed by atoms with van der Waals surface area (Å²) in [6.07, 6.45) is 6.85. The van der Waals surface area contributed by atoms with Crippen LogP contribution in [0, 0.1) is 11.7 Å². The van der Waals surface area contributed by atoms with Crippen molar-refractivity contribution in [3.63, 3.8) is 0 Å². The maximum atomic E-state index is 14.8. The summed E-state index contributed by atoms with van der Waals surface area (Å²) in [4.78, 5) is 70.3. The number of amides is 5. The van der Waals surface area contributed by atoms with Gasteiger partial charge in [-0.2, -0.15) is 0 Å². The Morgan fingerprint density at radius 2 is 1.69 bits per heavy atom. The molecule has 1 aliphatic carbocycles. The summed E-state index contributed by atoms with van der Waals surface area (Å²) >= 11 is 0. The number of piperazine rings is 1. The Morgan fingerprint density at radius 1 is 0.939 bits per heavy atom. The van der Waals surface area contributed by atoms with Crippen molar-refractivity contribution in [2.75, 3.05) is 56.2 Å². The Kier molecular flexibility index (Phi) is 10.4. The van der Waals surface area contributed by atoms with Crippen molar-refractivity contribution in [1.29, 1.82) is 0 Å². The Hall–Kier alpha value is -5.43. The molecule has 13 heteroatoms. The number of benzene rings is 2. The van der Waals surface area contributed by atoms with Gasteiger partial charge in [0.2, 0.25) is 11.8 Å². The summed E-state index contributed by atoms with van der Waals surface area (Å²) in [5.41, 5.74) is 3.04. The molecule has 0 bridgehead atoms. The third-order valence-corrected chi connectivity index (χ3v) is 8.95. The van der Waals surface area contributed by atoms with E-state index in [1.807, 2.05) is 24.3 Å². The number of imide groups is 1. The van der Waals surface area contributed by atoms with E-state index in [4.69, 9.17) is 4.74 Å². The zero-order valence-electron chi connectivity index (χ0n) is 26.8. The lowest BCUT2D eigenvalue weighted by atomic mass is 10.1. The van der Waals surface area contributed by atoms with E-state index in [-0.39, 0.29) is 74.1 Å². The number of aromatic nitrogens is 1. The molecule has 2 atom stereocenters.